The van der Waals surface area contributed by atoms with E-state index in [0.29, 0.717) is 26.4 Å². The summed E-state index contributed by atoms with van der Waals surface area (Å²) in [6.45, 7) is 5.28. The van der Waals surface area contributed by atoms with Crippen molar-refractivity contribution in [2.75, 3.05) is 40.1 Å². The van der Waals surface area contributed by atoms with Crippen LogP contribution in [0.5, 0.6) is 0 Å². The maximum absolute atomic E-state index is 5.38. The molecule has 4 nitrogen and oxygen atoms in total. The number of hydrogen-bond acceptors (Lipinski definition) is 4. The van der Waals surface area contributed by atoms with Crippen LogP contribution in [0.25, 0.3) is 0 Å². The van der Waals surface area contributed by atoms with Crippen LogP contribution >= 0.6 is 0 Å². The molecule has 0 fully saturated rings. The second-order valence-corrected chi connectivity index (χ2v) is 2.88. The highest BCUT2D eigenvalue weighted by Gasteiger charge is 1.97. The fourth-order valence-corrected chi connectivity index (χ4v) is 0.758. The maximum Gasteiger partial charge on any atom is 0.0700 e. The van der Waals surface area contributed by atoms with Gasteiger partial charge < -0.3 is 19.9 Å². The van der Waals surface area contributed by atoms with Crippen LogP contribution in [0.4, 0.5) is 0 Å². The zero-order valence-corrected chi connectivity index (χ0v) is 8.62. The Labute approximate surface area is 80.3 Å². The van der Waals surface area contributed by atoms with Gasteiger partial charge in [-0.05, 0) is 13.3 Å². The lowest BCUT2D eigenvalue weighted by Gasteiger charge is -2.10. The standard InChI is InChI=1S/C9H21NO3/c1-9(8-10)13-5-3-4-12-7-6-11-2/h9H,3-8,10H2,1-2H3. The van der Waals surface area contributed by atoms with Crippen molar-refractivity contribution in [2.45, 2.75) is 19.4 Å². The molecule has 0 heterocycles. The van der Waals surface area contributed by atoms with Crippen molar-refractivity contribution in [3.63, 3.8) is 0 Å². The van der Waals surface area contributed by atoms with Gasteiger partial charge in [0.1, 0.15) is 0 Å². The van der Waals surface area contributed by atoms with Crippen LogP contribution in [0.2, 0.25) is 0 Å². The molecule has 0 aromatic rings. The summed E-state index contributed by atoms with van der Waals surface area (Å²) in [5.41, 5.74) is 5.38. The molecule has 80 valence electrons. The average molecular weight is 191 g/mol. The Bertz CT molecular complexity index is 101. The smallest absolute Gasteiger partial charge is 0.0700 e. The van der Waals surface area contributed by atoms with Crippen LogP contribution in [0.1, 0.15) is 13.3 Å². The van der Waals surface area contributed by atoms with E-state index in [1.54, 1.807) is 7.11 Å². The topological polar surface area (TPSA) is 53.7 Å². The highest BCUT2D eigenvalue weighted by atomic mass is 16.5. The SMILES string of the molecule is COCCOCCCOC(C)CN. The Balaban J connectivity index is 2.91. The summed E-state index contributed by atoms with van der Waals surface area (Å²) in [6, 6.07) is 0. The van der Waals surface area contributed by atoms with E-state index in [2.05, 4.69) is 0 Å². The average Bonchev–Trinajstić information content (AvgIpc) is 2.16. The number of hydrogen-bond donors (Lipinski definition) is 1. The molecule has 13 heavy (non-hydrogen) atoms. The van der Waals surface area contributed by atoms with E-state index in [9.17, 15) is 0 Å². The summed E-state index contributed by atoms with van der Waals surface area (Å²) >= 11 is 0. The Morgan fingerprint density at radius 3 is 2.54 bits per heavy atom. The van der Waals surface area contributed by atoms with Crippen molar-refractivity contribution in [3.8, 4) is 0 Å². The van der Waals surface area contributed by atoms with Gasteiger partial charge in [0.15, 0.2) is 0 Å². The molecule has 4 heteroatoms. The number of nitrogens with two attached hydrogens (primary N) is 1. The van der Waals surface area contributed by atoms with Crippen LogP contribution in [-0.4, -0.2) is 46.2 Å². The number of methoxy groups -OCH3 is 1. The third-order valence-corrected chi connectivity index (χ3v) is 1.60. The van der Waals surface area contributed by atoms with Crippen molar-refractivity contribution >= 4 is 0 Å². The highest BCUT2D eigenvalue weighted by molar-refractivity contribution is 4.48. The molecule has 2 N–H and O–H groups in total. The fourth-order valence-electron chi connectivity index (χ4n) is 0.758. The molecule has 1 atom stereocenters. The number of ether oxygens (including phenoxy) is 3. The summed E-state index contributed by atoms with van der Waals surface area (Å²) in [5, 5.41) is 0. The Hall–Kier alpha value is -0.160. The van der Waals surface area contributed by atoms with Crippen LogP contribution in [0.3, 0.4) is 0 Å². The van der Waals surface area contributed by atoms with E-state index in [-0.39, 0.29) is 6.10 Å². The van der Waals surface area contributed by atoms with Crippen molar-refractivity contribution in [2.24, 2.45) is 5.73 Å². The molecule has 0 aliphatic rings. The van der Waals surface area contributed by atoms with Gasteiger partial charge in [0.25, 0.3) is 0 Å². The Morgan fingerprint density at radius 1 is 1.15 bits per heavy atom. The first-order valence-corrected chi connectivity index (χ1v) is 4.69. The van der Waals surface area contributed by atoms with Gasteiger partial charge in [0.2, 0.25) is 0 Å². The normalized spacial score (nSPS) is 13.2. The molecule has 0 radical (unpaired) electrons. The molecule has 0 aromatic carbocycles. The zero-order chi connectivity index (χ0) is 9.94. The molecule has 0 saturated heterocycles. The molecule has 0 aliphatic carbocycles. The van der Waals surface area contributed by atoms with Gasteiger partial charge in [0.05, 0.1) is 19.3 Å². The van der Waals surface area contributed by atoms with Gasteiger partial charge >= 0.3 is 0 Å². The zero-order valence-electron chi connectivity index (χ0n) is 8.62. The summed E-state index contributed by atoms with van der Waals surface area (Å²) in [7, 11) is 1.66. The number of rotatable bonds is 9. The first-order valence-electron chi connectivity index (χ1n) is 4.69. The van der Waals surface area contributed by atoms with Crippen molar-refractivity contribution in [1.82, 2.24) is 0 Å². The Morgan fingerprint density at radius 2 is 1.92 bits per heavy atom. The third-order valence-electron chi connectivity index (χ3n) is 1.60. The molecular formula is C9H21NO3. The molecule has 0 aromatic heterocycles. The predicted molar refractivity (Wildman–Crippen MR) is 51.8 cm³/mol. The lowest BCUT2D eigenvalue weighted by atomic mass is 10.4. The summed E-state index contributed by atoms with van der Waals surface area (Å²) in [5.74, 6) is 0. The molecule has 0 saturated carbocycles. The minimum atomic E-state index is 0.152. The monoisotopic (exact) mass is 191 g/mol. The predicted octanol–water partition coefficient (Wildman–Crippen LogP) is 0.403. The van der Waals surface area contributed by atoms with E-state index in [0.717, 1.165) is 13.0 Å². The highest BCUT2D eigenvalue weighted by Crippen LogP contribution is 1.90. The fraction of sp³-hybridized carbons (Fsp3) is 1.00. The lowest BCUT2D eigenvalue weighted by molar-refractivity contribution is 0.0330. The minimum Gasteiger partial charge on any atom is -0.382 e. The van der Waals surface area contributed by atoms with Crippen LogP contribution in [0, 0.1) is 0 Å². The van der Waals surface area contributed by atoms with Gasteiger partial charge in [-0.15, -0.1) is 0 Å². The van der Waals surface area contributed by atoms with Crippen molar-refractivity contribution < 1.29 is 14.2 Å². The summed E-state index contributed by atoms with van der Waals surface area (Å²) in [4.78, 5) is 0. The molecule has 0 spiro atoms. The molecule has 1 unspecified atom stereocenters. The first-order chi connectivity index (χ1) is 6.31. The van der Waals surface area contributed by atoms with Crippen LogP contribution < -0.4 is 5.73 Å². The quantitative estimate of drug-likeness (QED) is 0.536. The van der Waals surface area contributed by atoms with Crippen molar-refractivity contribution in [3.05, 3.63) is 0 Å². The van der Waals surface area contributed by atoms with E-state index in [4.69, 9.17) is 19.9 Å². The maximum atomic E-state index is 5.38. The summed E-state index contributed by atoms with van der Waals surface area (Å²) in [6.07, 6.45) is 1.06. The lowest BCUT2D eigenvalue weighted by Crippen LogP contribution is -2.20. The van der Waals surface area contributed by atoms with E-state index in [1.807, 2.05) is 6.92 Å². The second-order valence-electron chi connectivity index (χ2n) is 2.88. The molecular weight excluding hydrogens is 170 g/mol. The van der Waals surface area contributed by atoms with Gasteiger partial charge in [-0.25, -0.2) is 0 Å². The third kappa shape index (κ3) is 9.76. The largest absolute Gasteiger partial charge is 0.382 e. The van der Waals surface area contributed by atoms with Gasteiger partial charge in [-0.3, -0.25) is 0 Å². The van der Waals surface area contributed by atoms with E-state index < -0.39 is 0 Å². The van der Waals surface area contributed by atoms with Crippen molar-refractivity contribution in [1.29, 1.82) is 0 Å². The van der Waals surface area contributed by atoms with Gasteiger partial charge in [-0.2, -0.15) is 0 Å². The molecule has 0 rings (SSSR count). The molecule has 0 amide bonds. The minimum absolute atomic E-state index is 0.152. The van der Waals surface area contributed by atoms with Crippen LogP contribution in [-0.2, 0) is 14.2 Å². The van der Waals surface area contributed by atoms with E-state index in [1.165, 1.54) is 0 Å². The molecule has 0 aliphatic heterocycles. The molecule has 0 bridgehead atoms. The summed E-state index contributed by atoms with van der Waals surface area (Å²) < 4.78 is 15.4. The van der Waals surface area contributed by atoms with Gasteiger partial charge in [0, 0.05) is 26.9 Å². The first kappa shape index (κ1) is 12.8. The van der Waals surface area contributed by atoms with Gasteiger partial charge in [-0.1, -0.05) is 0 Å². The Kier molecular flexibility index (Phi) is 9.80. The van der Waals surface area contributed by atoms with Crippen LogP contribution in [0.15, 0.2) is 0 Å². The van der Waals surface area contributed by atoms with E-state index >= 15 is 0 Å². The second kappa shape index (κ2) is 9.92.